The first kappa shape index (κ1) is 26.2. The molecule has 5 nitrogen and oxygen atoms in total. The summed E-state index contributed by atoms with van der Waals surface area (Å²) in [6, 6.07) is 26.9. The molecule has 1 amide bonds. The second-order valence-electron chi connectivity index (χ2n) is 9.78. The van der Waals surface area contributed by atoms with E-state index in [0.29, 0.717) is 25.1 Å². The molecule has 1 atom stereocenters. The summed E-state index contributed by atoms with van der Waals surface area (Å²) in [5.74, 6) is -0.0645. The standard InChI is InChI=1S/C33H32FN3O2/c1-23-10-15-31(34)29(19-23)28(20-33(38)36-18-16-25-7-5-6-17-35-25)30-22-37(32-9-4-3-8-27(30)32)21-24-11-13-26(39-2)14-12-24/h3-15,17,19,22,28H,16,18,20-21H2,1-2H3,(H,36,38)/t28-/m0/s1. The maximum atomic E-state index is 15.3. The molecule has 5 aromatic rings. The topological polar surface area (TPSA) is 56.1 Å². The molecule has 0 fully saturated rings. The molecule has 0 saturated heterocycles. The third kappa shape index (κ3) is 6.17. The fraction of sp³-hybridized carbons (Fsp3) is 0.212. The second-order valence-corrected chi connectivity index (χ2v) is 9.78. The molecule has 0 aliphatic rings. The van der Waals surface area contributed by atoms with Gasteiger partial charge in [0.25, 0.3) is 0 Å². The number of methoxy groups -OCH3 is 1. The lowest BCUT2D eigenvalue weighted by Crippen LogP contribution is -2.27. The number of halogens is 1. The third-order valence-corrected chi connectivity index (χ3v) is 7.05. The molecule has 39 heavy (non-hydrogen) atoms. The Bertz CT molecular complexity index is 1560. The Kier molecular flexibility index (Phi) is 8.02. The van der Waals surface area contributed by atoms with Gasteiger partial charge in [-0.25, -0.2) is 4.39 Å². The van der Waals surface area contributed by atoms with E-state index >= 15 is 4.39 Å². The Labute approximate surface area is 228 Å². The van der Waals surface area contributed by atoms with E-state index in [-0.39, 0.29) is 18.1 Å². The van der Waals surface area contributed by atoms with Crippen molar-refractivity contribution < 1.29 is 13.9 Å². The van der Waals surface area contributed by atoms with E-state index in [2.05, 4.69) is 33.2 Å². The van der Waals surface area contributed by atoms with Crippen molar-refractivity contribution in [3.63, 3.8) is 0 Å². The number of hydrogen-bond acceptors (Lipinski definition) is 3. The lowest BCUT2D eigenvalue weighted by atomic mass is 9.87. The smallest absolute Gasteiger partial charge is 0.220 e. The van der Waals surface area contributed by atoms with Gasteiger partial charge in [0.05, 0.1) is 7.11 Å². The summed E-state index contributed by atoms with van der Waals surface area (Å²) in [5, 5.41) is 4.03. The van der Waals surface area contributed by atoms with Gasteiger partial charge >= 0.3 is 0 Å². The van der Waals surface area contributed by atoms with Gasteiger partial charge in [0.15, 0.2) is 0 Å². The zero-order chi connectivity index (χ0) is 27.2. The summed E-state index contributed by atoms with van der Waals surface area (Å²) in [5.41, 5.74) is 5.49. The molecule has 6 heteroatoms. The number of hydrogen-bond donors (Lipinski definition) is 1. The number of carbonyl (C=O) groups excluding carboxylic acids is 1. The number of pyridine rings is 1. The van der Waals surface area contributed by atoms with Crippen LogP contribution < -0.4 is 10.1 Å². The van der Waals surface area contributed by atoms with Crippen LogP contribution in [0, 0.1) is 12.7 Å². The molecule has 2 heterocycles. The van der Waals surface area contributed by atoms with Crippen molar-refractivity contribution in [1.82, 2.24) is 14.9 Å². The summed E-state index contributed by atoms with van der Waals surface area (Å²) in [6.45, 7) is 3.06. The highest BCUT2D eigenvalue weighted by molar-refractivity contribution is 5.87. The van der Waals surface area contributed by atoms with Crippen molar-refractivity contribution in [1.29, 1.82) is 0 Å². The van der Waals surface area contributed by atoms with Gasteiger partial charge in [-0.3, -0.25) is 9.78 Å². The van der Waals surface area contributed by atoms with Crippen molar-refractivity contribution >= 4 is 16.8 Å². The molecule has 1 N–H and O–H groups in total. The number of amides is 1. The molecule has 0 saturated carbocycles. The quantitative estimate of drug-likeness (QED) is 0.231. The summed E-state index contributed by atoms with van der Waals surface area (Å²) in [6.07, 6.45) is 4.59. The van der Waals surface area contributed by atoms with Crippen LogP contribution in [0.5, 0.6) is 5.75 Å². The van der Waals surface area contributed by atoms with Gasteiger partial charge in [0, 0.05) is 60.8 Å². The number of aryl methyl sites for hydroxylation is 1. The number of nitrogens with zero attached hydrogens (tertiary/aromatic N) is 2. The average molecular weight is 522 g/mol. The maximum absolute atomic E-state index is 15.3. The normalized spacial score (nSPS) is 11.9. The van der Waals surface area contributed by atoms with Crippen LogP contribution in [0.2, 0.25) is 0 Å². The van der Waals surface area contributed by atoms with Crippen molar-refractivity contribution in [3.05, 3.63) is 131 Å². The molecule has 198 valence electrons. The fourth-order valence-corrected chi connectivity index (χ4v) is 5.06. The van der Waals surface area contributed by atoms with Gasteiger partial charge in [-0.05, 0) is 60.0 Å². The third-order valence-electron chi connectivity index (χ3n) is 7.05. The zero-order valence-electron chi connectivity index (χ0n) is 22.2. The Morgan fingerprint density at radius 2 is 1.79 bits per heavy atom. The predicted molar refractivity (Wildman–Crippen MR) is 153 cm³/mol. The molecule has 2 aromatic heterocycles. The number of rotatable bonds is 10. The van der Waals surface area contributed by atoms with Crippen LogP contribution in [0.25, 0.3) is 10.9 Å². The first-order chi connectivity index (χ1) is 19.0. The van der Waals surface area contributed by atoms with Gasteiger partial charge in [0.1, 0.15) is 11.6 Å². The number of ether oxygens (including phenoxy) is 1. The van der Waals surface area contributed by atoms with Crippen molar-refractivity contribution in [3.8, 4) is 5.75 Å². The van der Waals surface area contributed by atoms with Crippen molar-refractivity contribution in [2.75, 3.05) is 13.7 Å². The number of fused-ring (bicyclic) bond motifs is 1. The predicted octanol–water partition coefficient (Wildman–Crippen LogP) is 6.42. The van der Waals surface area contributed by atoms with Crippen LogP contribution >= 0.6 is 0 Å². The van der Waals surface area contributed by atoms with Crippen molar-refractivity contribution in [2.45, 2.75) is 32.2 Å². The Morgan fingerprint density at radius 1 is 1.00 bits per heavy atom. The highest BCUT2D eigenvalue weighted by Crippen LogP contribution is 2.36. The summed E-state index contributed by atoms with van der Waals surface area (Å²) >= 11 is 0. The second kappa shape index (κ2) is 11.9. The molecule has 0 spiro atoms. The van der Waals surface area contributed by atoms with E-state index < -0.39 is 5.92 Å². The number of carbonyl (C=O) groups is 1. The highest BCUT2D eigenvalue weighted by Gasteiger charge is 2.25. The van der Waals surface area contributed by atoms with E-state index in [1.54, 1.807) is 19.4 Å². The largest absolute Gasteiger partial charge is 0.497 e. The highest BCUT2D eigenvalue weighted by atomic mass is 19.1. The van der Waals surface area contributed by atoms with E-state index in [9.17, 15) is 4.79 Å². The van der Waals surface area contributed by atoms with Gasteiger partial charge < -0.3 is 14.6 Å². The van der Waals surface area contributed by atoms with E-state index in [0.717, 1.165) is 39.0 Å². The molecule has 0 bridgehead atoms. The van der Waals surface area contributed by atoms with E-state index in [1.807, 2.05) is 67.6 Å². The van der Waals surface area contributed by atoms with Crippen LogP contribution in [0.1, 0.15) is 40.3 Å². The Hall–Kier alpha value is -4.45. The minimum Gasteiger partial charge on any atom is -0.497 e. The molecule has 0 radical (unpaired) electrons. The molecule has 0 unspecified atom stereocenters. The van der Waals surface area contributed by atoms with Crippen LogP contribution in [-0.2, 0) is 17.8 Å². The SMILES string of the molecule is COc1ccc(Cn2cc([C@@H](CC(=O)NCCc3ccccn3)c3cc(C)ccc3F)c3ccccc32)cc1. The lowest BCUT2D eigenvalue weighted by molar-refractivity contribution is -0.121. The monoisotopic (exact) mass is 521 g/mol. The first-order valence-electron chi connectivity index (χ1n) is 13.1. The lowest BCUT2D eigenvalue weighted by Gasteiger charge is -2.19. The van der Waals surface area contributed by atoms with Crippen LogP contribution in [0.4, 0.5) is 4.39 Å². The molecular formula is C33H32FN3O2. The summed E-state index contributed by atoms with van der Waals surface area (Å²) < 4.78 is 22.8. The molecule has 5 rings (SSSR count). The Balaban J connectivity index is 1.47. The number of para-hydroxylation sites is 1. The zero-order valence-corrected chi connectivity index (χ0v) is 22.2. The van der Waals surface area contributed by atoms with Crippen molar-refractivity contribution in [2.24, 2.45) is 0 Å². The van der Waals surface area contributed by atoms with Crippen LogP contribution in [0.3, 0.4) is 0 Å². The van der Waals surface area contributed by atoms with Gasteiger partial charge in [-0.15, -0.1) is 0 Å². The van der Waals surface area contributed by atoms with Crippen LogP contribution in [0.15, 0.2) is 97.3 Å². The summed E-state index contributed by atoms with van der Waals surface area (Å²) in [7, 11) is 1.65. The first-order valence-corrected chi connectivity index (χ1v) is 13.1. The molecule has 0 aliphatic heterocycles. The minimum atomic E-state index is -0.443. The van der Waals surface area contributed by atoms with Crippen LogP contribution in [-0.4, -0.2) is 29.1 Å². The van der Waals surface area contributed by atoms with Gasteiger partial charge in [-0.1, -0.05) is 54.1 Å². The fourth-order valence-electron chi connectivity index (χ4n) is 5.06. The Morgan fingerprint density at radius 3 is 2.56 bits per heavy atom. The molecular weight excluding hydrogens is 489 g/mol. The molecule has 3 aromatic carbocycles. The van der Waals surface area contributed by atoms with E-state index in [1.165, 1.54) is 6.07 Å². The number of aromatic nitrogens is 2. The minimum absolute atomic E-state index is 0.121. The number of nitrogens with one attached hydrogen (secondary N) is 1. The van der Waals surface area contributed by atoms with Gasteiger partial charge in [0.2, 0.25) is 5.91 Å². The maximum Gasteiger partial charge on any atom is 0.220 e. The van der Waals surface area contributed by atoms with E-state index in [4.69, 9.17) is 4.74 Å². The average Bonchev–Trinajstić information content (AvgIpc) is 3.32. The number of benzene rings is 3. The summed E-state index contributed by atoms with van der Waals surface area (Å²) in [4.78, 5) is 17.5. The molecule has 0 aliphatic carbocycles. The van der Waals surface area contributed by atoms with Gasteiger partial charge in [-0.2, -0.15) is 0 Å².